The summed E-state index contributed by atoms with van der Waals surface area (Å²) < 4.78 is 24.9. The van der Waals surface area contributed by atoms with E-state index in [0.29, 0.717) is 24.2 Å². The lowest BCUT2D eigenvalue weighted by atomic mass is 10.0. The first-order valence-electron chi connectivity index (χ1n) is 9.82. The fourth-order valence-corrected chi connectivity index (χ4v) is 7.33. The van der Waals surface area contributed by atoms with Crippen LogP contribution in [0.4, 0.5) is 0 Å². The van der Waals surface area contributed by atoms with Crippen molar-refractivity contribution in [1.82, 2.24) is 0 Å². The van der Waals surface area contributed by atoms with E-state index in [0.717, 1.165) is 24.0 Å². The van der Waals surface area contributed by atoms with Crippen molar-refractivity contribution >= 4 is 18.2 Å². The molecular weight excluding hydrogens is 387 g/mol. The molecular formula is C23H27O5P. The first-order chi connectivity index (χ1) is 13.8. The maximum atomic E-state index is 14.4. The third-order valence-corrected chi connectivity index (χ3v) is 8.99. The van der Waals surface area contributed by atoms with Crippen LogP contribution in [0.2, 0.25) is 0 Å². The number of carbonyl (C=O) groups excluding carboxylic acids is 2. The lowest BCUT2D eigenvalue weighted by Crippen LogP contribution is -2.21. The molecule has 1 atom stereocenters. The van der Waals surface area contributed by atoms with Crippen LogP contribution in [0.25, 0.3) is 0 Å². The SMILES string of the molecule is COc1ccc(C(=O)P(=O)(C(=O)c2c(C)cccc2C)C2CCCC2)c(OC)c1. The van der Waals surface area contributed by atoms with Crippen molar-refractivity contribution in [1.29, 1.82) is 0 Å². The van der Waals surface area contributed by atoms with Crippen LogP contribution >= 0.6 is 7.14 Å². The average Bonchev–Trinajstić information content (AvgIpc) is 3.27. The van der Waals surface area contributed by atoms with Crippen LogP contribution in [-0.4, -0.2) is 30.9 Å². The summed E-state index contributed by atoms with van der Waals surface area (Å²) in [4.78, 5) is 27.3. The third kappa shape index (κ3) is 3.76. The molecule has 0 spiro atoms. The lowest BCUT2D eigenvalue weighted by molar-refractivity contribution is 0.103. The molecule has 2 aromatic carbocycles. The van der Waals surface area contributed by atoms with Crippen molar-refractivity contribution in [3.63, 3.8) is 0 Å². The van der Waals surface area contributed by atoms with Crippen molar-refractivity contribution in [2.24, 2.45) is 0 Å². The number of benzene rings is 2. The van der Waals surface area contributed by atoms with Crippen LogP contribution in [0.5, 0.6) is 11.5 Å². The van der Waals surface area contributed by atoms with Crippen LogP contribution < -0.4 is 9.47 Å². The molecule has 1 aliphatic carbocycles. The summed E-state index contributed by atoms with van der Waals surface area (Å²) >= 11 is 0. The normalized spacial score (nSPS) is 16.3. The highest BCUT2D eigenvalue weighted by Gasteiger charge is 2.49. The number of methoxy groups -OCH3 is 2. The Kier molecular flexibility index (Phi) is 6.28. The Morgan fingerprint density at radius 3 is 2.10 bits per heavy atom. The second-order valence-corrected chi connectivity index (χ2v) is 10.4. The van der Waals surface area contributed by atoms with Gasteiger partial charge in [0.1, 0.15) is 11.5 Å². The highest BCUT2D eigenvalue weighted by atomic mass is 31.2. The minimum Gasteiger partial charge on any atom is -0.497 e. The Morgan fingerprint density at radius 1 is 0.931 bits per heavy atom. The highest BCUT2D eigenvalue weighted by molar-refractivity contribution is 7.96. The fraction of sp³-hybridized carbons (Fsp3) is 0.391. The van der Waals surface area contributed by atoms with Crippen LogP contribution in [0.15, 0.2) is 36.4 Å². The summed E-state index contributed by atoms with van der Waals surface area (Å²) in [6, 6.07) is 10.2. The molecule has 0 bridgehead atoms. The number of rotatable bonds is 7. The van der Waals surface area contributed by atoms with Gasteiger partial charge in [-0.1, -0.05) is 31.0 Å². The minimum absolute atomic E-state index is 0.170. The maximum Gasteiger partial charge on any atom is 0.232 e. The topological polar surface area (TPSA) is 69.7 Å². The lowest BCUT2D eigenvalue weighted by Gasteiger charge is -2.24. The van der Waals surface area contributed by atoms with Gasteiger partial charge in [0.25, 0.3) is 0 Å². The van der Waals surface area contributed by atoms with Crippen molar-refractivity contribution < 1.29 is 23.6 Å². The van der Waals surface area contributed by atoms with Crippen molar-refractivity contribution in [3.05, 3.63) is 58.7 Å². The van der Waals surface area contributed by atoms with Gasteiger partial charge in [-0.3, -0.25) is 9.59 Å². The first kappa shape index (κ1) is 21.3. The third-order valence-electron chi connectivity index (χ3n) is 5.78. The van der Waals surface area contributed by atoms with Gasteiger partial charge in [0, 0.05) is 17.3 Å². The van der Waals surface area contributed by atoms with E-state index in [9.17, 15) is 14.2 Å². The number of carbonyl (C=O) groups is 2. The summed E-state index contributed by atoms with van der Waals surface area (Å²) in [6.07, 6.45) is 3.00. The number of aryl methyl sites for hydroxylation is 2. The van der Waals surface area contributed by atoms with Gasteiger partial charge in [0.05, 0.1) is 19.8 Å². The van der Waals surface area contributed by atoms with Gasteiger partial charge in [-0.25, -0.2) is 0 Å². The van der Waals surface area contributed by atoms with Gasteiger partial charge in [-0.05, 0) is 49.9 Å². The summed E-state index contributed by atoms with van der Waals surface area (Å²) in [7, 11) is -0.947. The van der Waals surface area contributed by atoms with E-state index in [-0.39, 0.29) is 11.3 Å². The molecule has 2 aromatic rings. The van der Waals surface area contributed by atoms with E-state index in [2.05, 4.69) is 0 Å². The van der Waals surface area contributed by atoms with Gasteiger partial charge in [-0.2, -0.15) is 0 Å². The Morgan fingerprint density at radius 2 is 1.55 bits per heavy atom. The Balaban J connectivity index is 2.17. The van der Waals surface area contributed by atoms with E-state index in [1.54, 1.807) is 18.2 Å². The zero-order valence-corrected chi connectivity index (χ0v) is 18.3. The van der Waals surface area contributed by atoms with Gasteiger partial charge in [-0.15, -0.1) is 0 Å². The molecule has 29 heavy (non-hydrogen) atoms. The number of ether oxygens (including phenoxy) is 2. The molecule has 154 valence electrons. The van der Waals surface area contributed by atoms with E-state index in [1.807, 2.05) is 32.0 Å². The molecule has 0 radical (unpaired) electrons. The molecule has 0 amide bonds. The monoisotopic (exact) mass is 414 g/mol. The standard InChI is InChI=1S/C23H27O5P/c1-15-8-7-9-16(2)21(15)23(25)29(26,18-10-5-6-11-18)22(24)19-13-12-17(27-3)14-20(19)28-4/h7-9,12-14,18H,5-6,10-11H2,1-4H3. The van der Waals surface area contributed by atoms with Crippen molar-refractivity contribution in [3.8, 4) is 11.5 Å². The number of hydrogen-bond donors (Lipinski definition) is 0. The van der Waals surface area contributed by atoms with E-state index >= 15 is 0 Å². The molecule has 1 unspecified atom stereocenters. The average molecular weight is 414 g/mol. The van der Waals surface area contributed by atoms with Gasteiger partial charge in [0.2, 0.25) is 18.2 Å². The second kappa shape index (κ2) is 8.54. The highest BCUT2D eigenvalue weighted by Crippen LogP contribution is 2.61. The van der Waals surface area contributed by atoms with Gasteiger partial charge < -0.3 is 14.0 Å². The summed E-state index contributed by atoms with van der Waals surface area (Å²) in [5, 5.41) is 0. The van der Waals surface area contributed by atoms with Crippen LogP contribution in [0.1, 0.15) is 57.5 Å². The minimum atomic E-state index is -3.91. The molecule has 3 rings (SSSR count). The maximum absolute atomic E-state index is 14.4. The van der Waals surface area contributed by atoms with Crippen LogP contribution in [-0.2, 0) is 4.57 Å². The predicted octanol–water partition coefficient (Wildman–Crippen LogP) is 5.61. The molecule has 1 aliphatic rings. The smallest absolute Gasteiger partial charge is 0.232 e. The molecule has 0 saturated heterocycles. The summed E-state index contributed by atoms with van der Waals surface area (Å²) in [5.74, 6) is 0.789. The largest absolute Gasteiger partial charge is 0.497 e. The molecule has 1 fully saturated rings. The van der Waals surface area contributed by atoms with Gasteiger partial charge >= 0.3 is 0 Å². The predicted molar refractivity (Wildman–Crippen MR) is 114 cm³/mol. The number of hydrogen-bond acceptors (Lipinski definition) is 5. The Labute approximate surface area is 171 Å². The van der Waals surface area contributed by atoms with Crippen molar-refractivity contribution in [2.75, 3.05) is 14.2 Å². The van der Waals surface area contributed by atoms with Crippen LogP contribution in [0, 0.1) is 13.8 Å². The molecule has 0 aromatic heterocycles. The van der Waals surface area contributed by atoms with E-state index in [4.69, 9.17) is 9.47 Å². The van der Waals surface area contributed by atoms with Crippen LogP contribution in [0.3, 0.4) is 0 Å². The Bertz CT molecular complexity index is 969. The quantitative estimate of drug-likeness (QED) is 0.551. The molecule has 0 aliphatic heterocycles. The molecule has 5 nitrogen and oxygen atoms in total. The zero-order valence-electron chi connectivity index (χ0n) is 17.4. The molecule has 1 saturated carbocycles. The molecule has 0 heterocycles. The molecule has 0 N–H and O–H groups in total. The fourth-order valence-electron chi connectivity index (χ4n) is 4.16. The molecule has 6 heteroatoms. The van der Waals surface area contributed by atoms with Gasteiger partial charge in [0.15, 0.2) is 0 Å². The van der Waals surface area contributed by atoms with Crippen molar-refractivity contribution in [2.45, 2.75) is 45.2 Å². The zero-order chi connectivity index (χ0) is 21.2. The first-order valence-corrected chi connectivity index (χ1v) is 11.6. The summed E-state index contributed by atoms with van der Waals surface area (Å²) in [6.45, 7) is 3.63. The van der Waals surface area contributed by atoms with E-state index in [1.165, 1.54) is 14.2 Å². The second-order valence-electron chi connectivity index (χ2n) is 7.54. The summed E-state index contributed by atoms with van der Waals surface area (Å²) in [5.41, 5.74) is 0.491. The Hall–Kier alpha value is -2.39. The van der Waals surface area contributed by atoms with E-state index < -0.39 is 23.8 Å².